The molecule has 11 heteroatoms. The van der Waals surface area contributed by atoms with Crippen LogP contribution >= 0.6 is 34.9 Å². The number of carbonyl (C=O) groups excluding carboxylic acids is 1. The third-order valence-electron chi connectivity index (χ3n) is 4.13. The van der Waals surface area contributed by atoms with Crippen molar-refractivity contribution >= 4 is 62.4 Å². The fraction of sp³-hybridized carbons (Fsp3) is 0.250. The molecule has 0 unspecified atom stereocenters. The molecule has 2 amide bonds. The number of hydrogen-bond acceptors (Lipinski definition) is 5. The lowest BCUT2D eigenvalue weighted by Gasteiger charge is -2.25. The molecule has 166 valence electrons. The minimum absolute atomic E-state index is 0.0734. The first kappa shape index (κ1) is 23.8. The minimum atomic E-state index is -4.73. The molecule has 1 aromatic heterocycles. The van der Waals surface area contributed by atoms with Crippen molar-refractivity contribution in [3.8, 4) is 0 Å². The summed E-state index contributed by atoms with van der Waals surface area (Å²) < 4.78 is 53.6. The maximum atomic E-state index is 15.2. The van der Waals surface area contributed by atoms with Gasteiger partial charge in [0.25, 0.3) is 0 Å². The lowest BCUT2D eigenvalue weighted by Crippen LogP contribution is -2.19. The third kappa shape index (κ3) is 4.99. The number of nitrogens with one attached hydrogen (secondary N) is 2. The fourth-order valence-electron chi connectivity index (χ4n) is 2.82. The molecule has 3 aromatic rings. The van der Waals surface area contributed by atoms with E-state index in [1.807, 2.05) is 6.07 Å². The second-order valence-corrected chi connectivity index (χ2v) is 10.2. The Morgan fingerprint density at radius 3 is 2.29 bits per heavy atom. The summed E-state index contributed by atoms with van der Waals surface area (Å²) in [6, 6.07) is 13.2. The highest BCUT2D eigenvalue weighted by Gasteiger charge is 2.57. The molecule has 6 nitrogen and oxygen atoms in total. The molecule has 0 aliphatic heterocycles. The summed E-state index contributed by atoms with van der Waals surface area (Å²) in [6.07, 6.45) is 0. The van der Waals surface area contributed by atoms with E-state index in [1.165, 1.54) is 13.8 Å². The zero-order valence-corrected chi connectivity index (χ0v) is 20.0. The molecule has 0 spiro atoms. The van der Waals surface area contributed by atoms with Crippen LogP contribution in [0, 0.1) is 0 Å². The standard InChI is InChI=1S/C20H20BrF2N2O4PS/c1-3-28-30(27,29-4-2)20(22,23)18-17(21)15-12-14(10-11-16(15)31-18)25-19(26)24-13-8-6-5-7-9-13/h5-12H,3-4H2,1-2H3,(H2,24,25,26). The lowest BCUT2D eigenvalue weighted by molar-refractivity contribution is 0.0387. The smallest absolute Gasteiger partial charge is 0.308 e. The summed E-state index contributed by atoms with van der Waals surface area (Å²) >= 11 is 3.99. The van der Waals surface area contributed by atoms with Crippen LogP contribution in [0.2, 0.25) is 0 Å². The molecule has 1 heterocycles. The van der Waals surface area contributed by atoms with E-state index in [4.69, 9.17) is 9.05 Å². The van der Waals surface area contributed by atoms with Gasteiger partial charge in [-0.25, -0.2) is 4.79 Å². The van der Waals surface area contributed by atoms with Gasteiger partial charge in [-0.05, 0) is 60.1 Å². The molecular weight excluding hydrogens is 513 g/mol. The Bertz CT molecular complexity index is 1120. The maximum Gasteiger partial charge on any atom is 0.405 e. The fourth-order valence-corrected chi connectivity index (χ4v) is 6.78. The summed E-state index contributed by atoms with van der Waals surface area (Å²) in [6.45, 7) is 2.58. The van der Waals surface area contributed by atoms with Crippen LogP contribution in [0.5, 0.6) is 0 Å². The number of para-hydroxylation sites is 1. The predicted molar refractivity (Wildman–Crippen MR) is 123 cm³/mol. The minimum Gasteiger partial charge on any atom is -0.308 e. The summed E-state index contributed by atoms with van der Waals surface area (Å²) in [4.78, 5) is 11.8. The van der Waals surface area contributed by atoms with Gasteiger partial charge in [0.2, 0.25) is 0 Å². The Hall–Kier alpha value is -1.84. The van der Waals surface area contributed by atoms with Gasteiger partial charge in [0, 0.05) is 25.9 Å². The molecule has 3 rings (SSSR count). The summed E-state index contributed by atoms with van der Waals surface area (Å²) in [7, 11) is -4.73. The van der Waals surface area contributed by atoms with Gasteiger partial charge in [0.05, 0.1) is 13.2 Å². The third-order valence-corrected chi connectivity index (χ3v) is 8.72. The van der Waals surface area contributed by atoms with Gasteiger partial charge in [-0.1, -0.05) is 18.2 Å². The number of thiophene rings is 1. The highest BCUT2D eigenvalue weighted by atomic mass is 79.9. The molecule has 0 aliphatic rings. The molecule has 0 bridgehead atoms. The molecule has 0 radical (unpaired) electrons. The van der Waals surface area contributed by atoms with Crippen molar-refractivity contribution in [2.45, 2.75) is 19.5 Å². The topological polar surface area (TPSA) is 76.7 Å². The molecule has 2 N–H and O–H groups in total. The number of hydrogen-bond donors (Lipinski definition) is 2. The second kappa shape index (κ2) is 9.75. The maximum absolute atomic E-state index is 15.2. The van der Waals surface area contributed by atoms with Gasteiger partial charge < -0.3 is 19.7 Å². The highest BCUT2D eigenvalue weighted by molar-refractivity contribution is 9.10. The van der Waals surface area contributed by atoms with E-state index in [0.29, 0.717) is 21.5 Å². The summed E-state index contributed by atoms with van der Waals surface area (Å²) in [5.41, 5.74) is -2.82. The molecule has 0 saturated carbocycles. The van der Waals surface area contributed by atoms with Crippen LogP contribution in [0.3, 0.4) is 0 Å². The number of benzene rings is 2. The number of halogens is 3. The number of fused-ring (bicyclic) bond motifs is 1. The average Bonchev–Trinajstić information content (AvgIpc) is 3.06. The summed E-state index contributed by atoms with van der Waals surface area (Å²) in [5, 5.41) is 5.79. The van der Waals surface area contributed by atoms with Crippen LogP contribution in [0.15, 0.2) is 53.0 Å². The van der Waals surface area contributed by atoms with Crippen LogP contribution in [-0.4, -0.2) is 19.2 Å². The van der Waals surface area contributed by atoms with Crippen LogP contribution in [0.25, 0.3) is 10.1 Å². The van der Waals surface area contributed by atoms with E-state index < -0.39 is 24.2 Å². The van der Waals surface area contributed by atoms with E-state index in [1.54, 1.807) is 42.5 Å². The number of amides is 2. The van der Waals surface area contributed by atoms with Crippen molar-refractivity contribution in [1.82, 2.24) is 0 Å². The molecular formula is C20H20BrF2N2O4PS. The first-order chi connectivity index (χ1) is 14.7. The SMILES string of the molecule is CCOP(=O)(OCC)C(F)(F)c1sc2ccc(NC(=O)Nc3ccccc3)cc2c1Br. The Labute approximate surface area is 190 Å². The molecule has 0 saturated heterocycles. The van der Waals surface area contributed by atoms with E-state index in [9.17, 15) is 9.36 Å². The van der Waals surface area contributed by atoms with E-state index >= 15 is 8.78 Å². The predicted octanol–water partition coefficient (Wildman–Crippen LogP) is 7.62. The zero-order valence-electron chi connectivity index (χ0n) is 16.7. The highest BCUT2D eigenvalue weighted by Crippen LogP contribution is 2.69. The van der Waals surface area contributed by atoms with Crippen molar-refractivity contribution < 1.29 is 27.2 Å². The number of anilines is 2. The number of alkyl halides is 2. The Kier molecular flexibility index (Phi) is 7.49. The zero-order chi connectivity index (χ0) is 22.6. The van der Waals surface area contributed by atoms with Crippen LogP contribution < -0.4 is 10.6 Å². The van der Waals surface area contributed by atoms with Crippen LogP contribution in [0.4, 0.5) is 25.0 Å². The van der Waals surface area contributed by atoms with Crippen molar-refractivity contribution in [2.75, 3.05) is 23.8 Å². The largest absolute Gasteiger partial charge is 0.405 e. The lowest BCUT2D eigenvalue weighted by atomic mass is 10.2. The first-order valence-corrected chi connectivity index (χ1v) is 12.5. The number of urea groups is 1. The van der Waals surface area contributed by atoms with Crippen molar-refractivity contribution in [3.63, 3.8) is 0 Å². The second-order valence-electron chi connectivity index (χ2n) is 6.28. The van der Waals surface area contributed by atoms with Gasteiger partial charge in [0.15, 0.2) is 0 Å². The molecule has 0 aliphatic carbocycles. The first-order valence-electron chi connectivity index (χ1n) is 9.34. The van der Waals surface area contributed by atoms with Gasteiger partial charge >= 0.3 is 19.3 Å². The molecule has 2 aromatic carbocycles. The molecule has 0 fully saturated rings. The van der Waals surface area contributed by atoms with E-state index in [0.717, 1.165) is 11.3 Å². The number of carbonyl (C=O) groups is 1. The van der Waals surface area contributed by atoms with Crippen LogP contribution in [0.1, 0.15) is 18.7 Å². The van der Waals surface area contributed by atoms with Gasteiger partial charge in [-0.3, -0.25) is 4.57 Å². The Morgan fingerprint density at radius 2 is 1.68 bits per heavy atom. The number of rotatable bonds is 8. The molecule has 0 atom stereocenters. The Balaban J connectivity index is 1.90. The van der Waals surface area contributed by atoms with Gasteiger partial charge in [0.1, 0.15) is 4.88 Å². The van der Waals surface area contributed by atoms with Crippen molar-refractivity contribution in [3.05, 3.63) is 57.9 Å². The van der Waals surface area contributed by atoms with Crippen molar-refractivity contribution in [1.29, 1.82) is 0 Å². The van der Waals surface area contributed by atoms with Crippen LogP contribution in [-0.2, 0) is 19.3 Å². The van der Waals surface area contributed by atoms with Gasteiger partial charge in [-0.15, -0.1) is 11.3 Å². The Morgan fingerprint density at radius 1 is 1.06 bits per heavy atom. The average molecular weight is 533 g/mol. The van der Waals surface area contributed by atoms with E-state index in [-0.39, 0.29) is 17.7 Å². The normalized spacial score (nSPS) is 12.2. The van der Waals surface area contributed by atoms with Gasteiger partial charge in [-0.2, -0.15) is 8.78 Å². The summed E-state index contributed by atoms with van der Waals surface area (Å²) in [5.74, 6) is 0. The van der Waals surface area contributed by atoms with E-state index in [2.05, 4.69) is 26.6 Å². The quantitative estimate of drug-likeness (QED) is 0.292. The van der Waals surface area contributed by atoms with Crippen molar-refractivity contribution in [2.24, 2.45) is 0 Å². The monoisotopic (exact) mass is 532 g/mol. The molecule has 31 heavy (non-hydrogen) atoms.